The second-order valence-electron chi connectivity index (χ2n) is 9.93. The molecule has 1 saturated heterocycles. The third-order valence-electron chi connectivity index (χ3n) is 7.28. The number of ether oxygens (including phenoxy) is 3. The number of rotatable bonds is 8. The third kappa shape index (κ3) is 5.52. The molecule has 1 atom stereocenters. The van der Waals surface area contributed by atoms with Gasteiger partial charge in [-0.15, -0.1) is 0 Å². The summed E-state index contributed by atoms with van der Waals surface area (Å²) in [4.78, 5) is 28.4. The van der Waals surface area contributed by atoms with Crippen LogP contribution < -0.4 is 14.2 Å². The molecule has 2 heterocycles. The topological polar surface area (TPSA) is 85.3 Å². The molecule has 4 aromatic carbocycles. The van der Waals surface area contributed by atoms with E-state index in [0.717, 1.165) is 11.1 Å². The number of amides is 1. The zero-order chi connectivity index (χ0) is 28.2. The van der Waals surface area contributed by atoms with Gasteiger partial charge < -0.3 is 24.2 Å². The monoisotopic (exact) mass is 547 g/mol. The van der Waals surface area contributed by atoms with E-state index in [1.165, 1.54) is 0 Å². The highest BCUT2D eigenvalue weighted by atomic mass is 16.6. The van der Waals surface area contributed by atoms with Crippen molar-refractivity contribution in [2.75, 3.05) is 19.8 Å². The largest absolute Gasteiger partial charge is 0.507 e. The van der Waals surface area contributed by atoms with Gasteiger partial charge in [0.2, 0.25) is 0 Å². The zero-order valence-corrected chi connectivity index (χ0v) is 22.4. The number of likely N-dealkylation sites (tertiary alicyclic amines) is 1. The van der Waals surface area contributed by atoms with Gasteiger partial charge in [0.1, 0.15) is 31.3 Å². The summed E-state index contributed by atoms with van der Waals surface area (Å²) in [5.41, 5.74) is 3.21. The molecule has 0 radical (unpaired) electrons. The van der Waals surface area contributed by atoms with E-state index in [2.05, 4.69) is 0 Å². The maximum atomic E-state index is 13.5. The van der Waals surface area contributed by atoms with Crippen LogP contribution >= 0.6 is 0 Å². The molecule has 206 valence electrons. The molecule has 0 spiro atoms. The lowest BCUT2D eigenvalue weighted by Gasteiger charge is -2.26. The first-order valence-electron chi connectivity index (χ1n) is 13.6. The van der Waals surface area contributed by atoms with Crippen molar-refractivity contribution in [3.8, 4) is 17.2 Å². The van der Waals surface area contributed by atoms with Gasteiger partial charge >= 0.3 is 0 Å². The summed E-state index contributed by atoms with van der Waals surface area (Å²) in [5, 5.41) is 11.5. The van der Waals surface area contributed by atoms with Crippen LogP contribution in [0.2, 0.25) is 0 Å². The number of ketones is 1. The summed E-state index contributed by atoms with van der Waals surface area (Å²) >= 11 is 0. The van der Waals surface area contributed by atoms with Gasteiger partial charge in [-0.25, -0.2) is 0 Å². The molecule has 0 saturated carbocycles. The van der Waals surface area contributed by atoms with Gasteiger partial charge in [-0.3, -0.25) is 9.59 Å². The highest BCUT2D eigenvalue weighted by Crippen LogP contribution is 2.41. The van der Waals surface area contributed by atoms with Crippen LogP contribution in [0.5, 0.6) is 17.2 Å². The van der Waals surface area contributed by atoms with Gasteiger partial charge in [0.25, 0.3) is 11.7 Å². The lowest BCUT2D eigenvalue weighted by atomic mass is 9.95. The molecular formula is C34H29NO6. The highest BCUT2D eigenvalue weighted by molar-refractivity contribution is 6.46. The molecule has 1 amide bonds. The third-order valence-corrected chi connectivity index (χ3v) is 7.28. The number of hydrogen-bond acceptors (Lipinski definition) is 6. The maximum Gasteiger partial charge on any atom is 0.295 e. The van der Waals surface area contributed by atoms with Crippen LogP contribution in [-0.2, 0) is 22.6 Å². The smallest absolute Gasteiger partial charge is 0.295 e. The number of carbonyl (C=O) groups is 2. The van der Waals surface area contributed by atoms with Crippen LogP contribution in [-0.4, -0.2) is 41.5 Å². The summed E-state index contributed by atoms with van der Waals surface area (Å²) in [7, 11) is 0. The molecule has 6 rings (SSSR count). The average molecular weight is 548 g/mol. The minimum atomic E-state index is -0.768. The lowest BCUT2D eigenvalue weighted by molar-refractivity contribution is -0.139. The SMILES string of the molecule is O=C1C(=O)N(CCc2ccccc2)C(c2ccc(OCc3ccccc3)cc2)/C1=C(\O)c1ccc2c(c1)OCCO2. The Bertz CT molecular complexity index is 1580. The van der Waals surface area contributed by atoms with Crippen LogP contribution in [0.1, 0.15) is 28.3 Å². The Morgan fingerprint density at radius 3 is 2.17 bits per heavy atom. The molecule has 1 N–H and O–H groups in total. The number of aliphatic hydroxyl groups excluding tert-OH is 1. The van der Waals surface area contributed by atoms with Crippen LogP contribution in [0.15, 0.2) is 109 Å². The first-order chi connectivity index (χ1) is 20.1. The molecule has 7 heteroatoms. The van der Waals surface area contributed by atoms with Crippen molar-refractivity contribution in [2.24, 2.45) is 0 Å². The predicted molar refractivity (Wildman–Crippen MR) is 154 cm³/mol. The second-order valence-corrected chi connectivity index (χ2v) is 9.93. The van der Waals surface area contributed by atoms with E-state index in [1.54, 1.807) is 23.1 Å². The van der Waals surface area contributed by atoms with Crippen LogP contribution in [0.25, 0.3) is 5.76 Å². The minimum absolute atomic E-state index is 0.0395. The second kappa shape index (κ2) is 11.6. The predicted octanol–water partition coefficient (Wildman–Crippen LogP) is 5.70. The average Bonchev–Trinajstić information content (AvgIpc) is 3.28. The van der Waals surface area contributed by atoms with Crippen molar-refractivity contribution < 1.29 is 28.9 Å². The highest BCUT2D eigenvalue weighted by Gasteiger charge is 2.46. The molecule has 7 nitrogen and oxygen atoms in total. The number of carbonyl (C=O) groups excluding carboxylic acids is 2. The van der Waals surface area contributed by atoms with Gasteiger partial charge in [0.05, 0.1) is 11.6 Å². The molecule has 2 aliphatic heterocycles. The van der Waals surface area contributed by atoms with Crippen LogP contribution in [0.4, 0.5) is 0 Å². The van der Waals surface area contributed by atoms with Crippen molar-refractivity contribution in [3.63, 3.8) is 0 Å². The first kappa shape index (κ1) is 26.2. The molecule has 0 aliphatic carbocycles. The lowest BCUT2D eigenvalue weighted by Crippen LogP contribution is -2.31. The Hall–Kier alpha value is -5.04. The van der Waals surface area contributed by atoms with Crippen molar-refractivity contribution in [1.29, 1.82) is 0 Å². The van der Waals surface area contributed by atoms with E-state index in [0.29, 0.717) is 61.2 Å². The quantitative estimate of drug-likeness (QED) is 0.173. The van der Waals surface area contributed by atoms with Gasteiger partial charge in [-0.05, 0) is 53.4 Å². The van der Waals surface area contributed by atoms with E-state index in [1.807, 2.05) is 84.9 Å². The Labute approximate surface area is 238 Å². The van der Waals surface area contributed by atoms with Crippen molar-refractivity contribution >= 4 is 17.4 Å². The summed E-state index contributed by atoms with van der Waals surface area (Å²) in [6, 6.07) is 31.2. The fraction of sp³-hybridized carbons (Fsp3) is 0.176. The number of benzene rings is 4. The normalized spacial score (nSPS) is 17.5. The van der Waals surface area contributed by atoms with Crippen molar-refractivity contribution in [3.05, 3.63) is 131 Å². The number of hydrogen-bond donors (Lipinski definition) is 1. The van der Waals surface area contributed by atoms with E-state index in [-0.39, 0.29) is 11.3 Å². The molecule has 0 aromatic heterocycles. The van der Waals surface area contributed by atoms with Gasteiger partial charge in [0.15, 0.2) is 11.5 Å². The van der Waals surface area contributed by atoms with Crippen LogP contribution in [0, 0.1) is 0 Å². The molecule has 41 heavy (non-hydrogen) atoms. The Balaban J connectivity index is 1.34. The van der Waals surface area contributed by atoms with Crippen molar-refractivity contribution in [1.82, 2.24) is 4.90 Å². The molecule has 0 bridgehead atoms. The number of fused-ring (bicyclic) bond motifs is 1. The maximum absolute atomic E-state index is 13.5. The summed E-state index contributed by atoms with van der Waals surface area (Å²) in [5.74, 6) is 0.0886. The van der Waals surface area contributed by atoms with Crippen LogP contribution in [0.3, 0.4) is 0 Å². The number of Topliss-reactive ketones (excluding diaryl/α,β-unsaturated/α-hetero) is 1. The van der Waals surface area contributed by atoms with Gasteiger partial charge in [0, 0.05) is 12.1 Å². The molecule has 1 fully saturated rings. The summed E-state index contributed by atoms with van der Waals surface area (Å²) in [6.07, 6.45) is 0.562. The fourth-order valence-electron chi connectivity index (χ4n) is 5.18. The summed E-state index contributed by atoms with van der Waals surface area (Å²) < 4.78 is 17.2. The van der Waals surface area contributed by atoms with Gasteiger partial charge in [-0.1, -0.05) is 72.8 Å². The first-order valence-corrected chi connectivity index (χ1v) is 13.6. The van der Waals surface area contributed by atoms with E-state index >= 15 is 0 Å². The zero-order valence-electron chi connectivity index (χ0n) is 22.4. The van der Waals surface area contributed by atoms with Gasteiger partial charge in [-0.2, -0.15) is 0 Å². The Kier molecular flexibility index (Phi) is 7.41. The van der Waals surface area contributed by atoms with E-state index < -0.39 is 17.7 Å². The molecule has 2 aliphatic rings. The van der Waals surface area contributed by atoms with E-state index in [4.69, 9.17) is 14.2 Å². The molecule has 1 unspecified atom stereocenters. The summed E-state index contributed by atoms with van der Waals surface area (Å²) in [6.45, 7) is 1.55. The van der Waals surface area contributed by atoms with E-state index in [9.17, 15) is 14.7 Å². The standard InChI is InChI=1S/C34H29NO6/c36-32(26-13-16-28-29(21-26)40-20-19-39-28)30-31(35(34(38)33(30)37)18-17-23-7-3-1-4-8-23)25-11-14-27(15-12-25)41-22-24-9-5-2-6-10-24/h1-16,21,31,36H,17-20,22H2/b32-30+. The fourth-order valence-corrected chi connectivity index (χ4v) is 5.18. The number of nitrogens with zero attached hydrogens (tertiary/aromatic N) is 1. The number of aliphatic hydroxyl groups is 1. The Morgan fingerprint density at radius 1 is 0.805 bits per heavy atom. The van der Waals surface area contributed by atoms with Crippen molar-refractivity contribution in [2.45, 2.75) is 19.1 Å². The molecular weight excluding hydrogens is 518 g/mol. The molecule has 4 aromatic rings. The Morgan fingerprint density at radius 2 is 1.46 bits per heavy atom. The minimum Gasteiger partial charge on any atom is -0.507 e.